The Morgan fingerprint density at radius 1 is 0.893 bits per heavy atom. The third kappa shape index (κ3) is 3.00. The monoisotopic (exact) mass is 376 g/mol. The molecule has 4 N–H and O–H groups in total. The molecule has 2 aromatic rings. The zero-order valence-electron chi connectivity index (χ0n) is 16.1. The number of carbonyl (C=O) groups is 2. The number of H-pyrrole nitrogens is 2. The van der Waals surface area contributed by atoms with Crippen LogP contribution in [0.25, 0.3) is 11.6 Å². The molecule has 2 aliphatic rings. The smallest absolute Gasteiger partial charge is 0.196 e. The standard InChI is InChI=1S/C22H24N4O2/c1-26(2)10-8-14-11-24-17-5-3-16(22(28)19(14)17)15-4-6-18(27)20-13(7-9-23)12-25-21(15)20/h3-6,11-12,24-25H,7-10,23H2,1-2H3. The third-order valence-electron chi connectivity index (χ3n) is 5.29. The molecular formula is C22H24N4O2. The number of rotatable bonds is 5. The SMILES string of the molecule is CN(C)CCc1c[nH]c2c1C(=O)C(=C1C=CC(=O)c3c(CCN)c[nH]c31)C=C2. The predicted octanol–water partition coefficient (Wildman–Crippen LogP) is 2.36. The molecule has 0 saturated carbocycles. The topological polar surface area (TPSA) is 95.0 Å². The fourth-order valence-corrected chi connectivity index (χ4v) is 3.87. The van der Waals surface area contributed by atoms with Gasteiger partial charge in [0.1, 0.15) is 0 Å². The first-order chi connectivity index (χ1) is 13.5. The Bertz CT molecular complexity index is 1050. The van der Waals surface area contributed by atoms with Crippen LogP contribution in [0.1, 0.15) is 43.2 Å². The summed E-state index contributed by atoms with van der Waals surface area (Å²) in [6.07, 6.45) is 12.2. The number of hydrogen-bond acceptors (Lipinski definition) is 4. The van der Waals surface area contributed by atoms with Gasteiger partial charge in [-0.1, -0.05) is 0 Å². The molecule has 0 fully saturated rings. The van der Waals surface area contributed by atoms with E-state index in [2.05, 4.69) is 14.9 Å². The Morgan fingerprint density at radius 2 is 1.61 bits per heavy atom. The normalized spacial score (nSPS) is 18.1. The number of hydrogen-bond donors (Lipinski definition) is 3. The second-order valence-electron chi connectivity index (χ2n) is 7.45. The maximum atomic E-state index is 13.4. The van der Waals surface area contributed by atoms with E-state index in [0.717, 1.165) is 40.9 Å². The second kappa shape index (κ2) is 7.22. The largest absolute Gasteiger partial charge is 0.361 e. The zero-order valence-corrected chi connectivity index (χ0v) is 16.1. The summed E-state index contributed by atoms with van der Waals surface area (Å²) in [4.78, 5) is 34.3. The van der Waals surface area contributed by atoms with Gasteiger partial charge in [-0.3, -0.25) is 9.59 Å². The van der Waals surface area contributed by atoms with Gasteiger partial charge in [0.25, 0.3) is 0 Å². The van der Waals surface area contributed by atoms with Crippen LogP contribution in [0.3, 0.4) is 0 Å². The molecule has 0 aromatic carbocycles. The quantitative estimate of drug-likeness (QED) is 0.698. The molecule has 4 rings (SSSR count). The summed E-state index contributed by atoms with van der Waals surface area (Å²) in [5.74, 6) is -0.0623. The average molecular weight is 376 g/mol. The minimum Gasteiger partial charge on any atom is -0.361 e. The van der Waals surface area contributed by atoms with Gasteiger partial charge < -0.3 is 20.6 Å². The Hall–Kier alpha value is -2.96. The highest BCUT2D eigenvalue weighted by atomic mass is 16.1. The van der Waals surface area contributed by atoms with Gasteiger partial charge in [-0.25, -0.2) is 0 Å². The van der Waals surface area contributed by atoms with Crippen LogP contribution < -0.4 is 5.73 Å². The molecule has 0 unspecified atom stereocenters. The van der Waals surface area contributed by atoms with Crippen molar-refractivity contribution in [1.29, 1.82) is 0 Å². The summed E-state index contributed by atoms with van der Waals surface area (Å²) in [5.41, 5.74) is 11.9. The van der Waals surface area contributed by atoms with Gasteiger partial charge >= 0.3 is 0 Å². The molecular weight excluding hydrogens is 352 g/mol. The molecule has 144 valence electrons. The van der Waals surface area contributed by atoms with Crippen molar-refractivity contribution in [2.75, 3.05) is 27.2 Å². The maximum absolute atomic E-state index is 13.4. The van der Waals surface area contributed by atoms with Crippen LogP contribution >= 0.6 is 0 Å². The Morgan fingerprint density at radius 3 is 2.36 bits per heavy atom. The van der Waals surface area contributed by atoms with Crippen LogP contribution in [0.2, 0.25) is 0 Å². The van der Waals surface area contributed by atoms with Gasteiger partial charge in [-0.2, -0.15) is 0 Å². The molecule has 28 heavy (non-hydrogen) atoms. The molecule has 0 aliphatic heterocycles. The average Bonchev–Trinajstić information content (AvgIpc) is 3.27. The molecule has 2 heterocycles. The van der Waals surface area contributed by atoms with E-state index < -0.39 is 0 Å². The van der Waals surface area contributed by atoms with Gasteiger partial charge in [0.05, 0.1) is 16.8 Å². The van der Waals surface area contributed by atoms with Crippen molar-refractivity contribution < 1.29 is 9.59 Å². The molecule has 0 saturated heterocycles. The number of ketones is 2. The molecule has 2 aliphatic carbocycles. The molecule has 6 nitrogen and oxygen atoms in total. The lowest BCUT2D eigenvalue weighted by molar-refractivity contribution is 0.102. The number of carbonyl (C=O) groups excluding carboxylic acids is 2. The number of fused-ring (bicyclic) bond motifs is 2. The highest BCUT2D eigenvalue weighted by molar-refractivity contribution is 6.23. The van der Waals surface area contributed by atoms with E-state index >= 15 is 0 Å². The lowest BCUT2D eigenvalue weighted by Crippen LogP contribution is -2.17. The lowest BCUT2D eigenvalue weighted by Gasteiger charge is -2.17. The Labute approximate surface area is 163 Å². The Balaban J connectivity index is 1.78. The van der Waals surface area contributed by atoms with Crippen molar-refractivity contribution in [3.8, 4) is 0 Å². The predicted molar refractivity (Wildman–Crippen MR) is 110 cm³/mol. The van der Waals surface area contributed by atoms with E-state index in [1.54, 1.807) is 12.2 Å². The highest BCUT2D eigenvalue weighted by Crippen LogP contribution is 2.35. The van der Waals surface area contributed by atoms with E-state index in [0.29, 0.717) is 29.8 Å². The van der Waals surface area contributed by atoms with Crippen LogP contribution in [0.15, 0.2) is 36.2 Å². The number of Topliss-reactive ketones (excluding diaryl/α,β-unsaturated/α-hetero) is 1. The molecule has 0 radical (unpaired) electrons. The van der Waals surface area contributed by atoms with Crippen molar-refractivity contribution in [2.24, 2.45) is 5.73 Å². The number of likely N-dealkylation sites (N-methyl/N-ethyl adjacent to an activating group) is 1. The van der Waals surface area contributed by atoms with E-state index in [4.69, 9.17) is 5.73 Å². The first kappa shape index (κ1) is 18.4. The van der Waals surface area contributed by atoms with Crippen molar-refractivity contribution in [3.63, 3.8) is 0 Å². The van der Waals surface area contributed by atoms with Gasteiger partial charge in [0.2, 0.25) is 0 Å². The summed E-state index contributed by atoms with van der Waals surface area (Å²) in [5, 5.41) is 0. The number of nitrogens with two attached hydrogens (primary N) is 1. The fraction of sp³-hybridized carbons (Fsp3) is 0.273. The second-order valence-corrected chi connectivity index (χ2v) is 7.45. The van der Waals surface area contributed by atoms with Crippen LogP contribution in [-0.4, -0.2) is 53.6 Å². The molecule has 0 amide bonds. The number of aromatic amines is 2. The van der Waals surface area contributed by atoms with Crippen molar-refractivity contribution in [3.05, 3.63) is 69.8 Å². The number of allylic oxidation sites excluding steroid dienone is 5. The molecule has 6 heteroatoms. The van der Waals surface area contributed by atoms with Crippen LogP contribution in [0.4, 0.5) is 0 Å². The minimum absolute atomic E-state index is 0.0116. The molecule has 0 atom stereocenters. The summed E-state index contributed by atoms with van der Waals surface area (Å²) in [6, 6.07) is 0. The summed E-state index contributed by atoms with van der Waals surface area (Å²) in [6.45, 7) is 1.33. The van der Waals surface area contributed by atoms with E-state index in [-0.39, 0.29) is 11.6 Å². The van der Waals surface area contributed by atoms with Crippen LogP contribution in [0, 0.1) is 0 Å². The third-order valence-corrected chi connectivity index (χ3v) is 5.29. The van der Waals surface area contributed by atoms with Gasteiger partial charge in [-0.15, -0.1) is 0 Å². The summed E-state index contributed by atoms with van der Waals surface area (Å²) >= 11 is 0. The molecule has 2 aromatic heterocycles. The first-order valence-electron chi connectivity index (χ1n) is 9.46. The summed E-state index contributed by atoms with van der Waals surface area (Å²) in [7, 11) is 4.04. The van der Waals surface area contributed by atoms with Gasteiger partial charge in [0, 0.05) is 35.8 Å². The zero-order chi connectivity index (χ0) is 19.8. The van der Waals surface area contributed by atoms with Gasteiger partial charge in [0.15, 0.2) is 11.6 Å². The Kier molecular flexibility index (Phi) is 4.75. The first-order valence-corrected chi connectivity index (χ1v) is 9.46. The van der Waals surface area contributed by atoms with Crippen molar-refractivity contribution in [1.82, 2.24) is 14.9 Å². The van der Waals surface area contributed by atoms with Crippen molar-refractivity contribution in [2.45, 2.75) is 12.8 Å². The number of aromatic nitrogens is 2. The molecule has 0 spiro atoms. The lowest BCUT2D eigenvalue weighted by atomic mass is 9.86. The molecule has 0 bridgehead atoms. The highest BCUT2D eigenvalue weighted by Gasteiger charge is 2.29. The fourth-order valence-electron chi connectivity index (χ4n) is 3.87. The maximum Gasteiger partial charge on any atom is 0.196 e. The minimum atomic E-state index is -0.0507. The van der Waals surface area contributed by atoms with Gasteiger partial charge in [-0.05, 0) is 68.9 Å². The van der Waals surface area contributed by atoms with E-state index in [1.807, 2.05) is 38.6 Å². The number of nitrogens with zero attached hydrogens (tertiary/aromatic N) is 1. The van der Waals surface area contributed by atoms with Crippen LogP contribution in [0.5, 0.6) is 0 Å². The van der Waals surface area contributed by atoms with E-state index in [1.165, 1.54) is 0 Å². The van der Waals surface area contributed by atoms with Crippen LogP contribution in [-0.2, 0) is 12.8 Å². The van der Waals surface area contributed by atoms with Crippen molar-refractivity contribution >= 4 is 23.2 Å². The number of nitrogens with one attached hydrogen (secondary N) is 2. The summed E-state index contributed by atoms with van der Waals surface area (Å²) < 4.78 is 0. The van der Waals surface area contributed by atoms with E-state index in [9.17, 15) is 9.59 Å².